The zero-order chi connectivity index (χ0) is 18.6. The first-order valence-electron chi connectivity index (χ1n) is 9.08. The number of benzene rings is 2. The van der Waals surface area contributed by atoms with Crippen molar-refractivity contribution in [3.8, 4) is 11.5 Å². The fourth-order valence-corrected chi connectivity index (χ4v) is 3.24. The Morgan fingerprint density at radius 3 is 2.56 bits per heavy atom. The molecule has 0 aromatic heterocycles. The number of ether oxygens (including phenoxy) is 1. The largest absolute Gasteiger partial charge is 0.455 e. The maximum Gasteiger partial charge on any atom is 0.241 e. The molecule has 3 N–H and O–H groups in total. The van der Waals surface area contributed by atoms with Crippen LogP contribution in [0.1, 0.15) is 20.3 Å². The van der Waals surface area contributed by atoms with Crippen LogP contribution < -0.4 is 15.8 Å². The van der Waals surface area contributed by atoms with Crippen LogP contribution in [-0.4, -0.2) is 36.5 Å². The lowest BCUT2D eigenvalue weighted by Gasteiger charge is -2.26. The number of likely N-dealkylation sites (tertiary alicyclic amines) is 1. The molecule has 1 aliphatic rings. The summed E-state index contributed by atoms with van der Waals surface area (Å²) in [7, 11) is 0. The molecule has 0 bridgehead atoms. The van der Waals surface area contributed by atoms with Crippen molar-refractivity contribution in [2.45, 2.75) is 26.3 Å². The van der Waals surface area contributed by atoms with E-state index in [2.05, 4.69) is 17.1 Å². The third kappa shape index (κ3) is 5.22. The predicted molar refractivity (Wildman–Crippen MR) is 112 cm³/mol. The molecule has 1 fully saturated rings. The predicted octanol–water partition coefficient (Wildman–Crippen LogP) is 3.90. The first-order valence-corrected chi connectivity index (χ1v) is 9.08. The summed E-state index contributed by atoms with van der Waals surface area (Å²) in [6, 6.07) is 16.8. The maximum atomic E-state index is 12.8. The van der Waals surface area contributed by atoms with Crippen LogP contribution in [0.15, 0.2) is 54.6 Å². The van der Waals surface area contributed by atoms with Crippen LogP contribution in [0.5, 0.6) is 11.5 Å². The fraction of sp³-hybridized carbons (Fsp3) is 0.381. The van der Waals surface area contributed by atoms with Gasteiger partial charge in [0.05, 0.1) is 11.7 Å². The summed E-state index contributed by atoms with van der Waals surface area (Å²) >= 11 is 0. The van der Waals surface area contributed by atoms with Gasteiger partial charge in [-0.05, 0) is 56.1 Å². The quantitative estimate of drug-likeness (QED) is 0.786. The number of nitrogens with zero attached hydrogens (tertiary/aromatic N) is 1. The Morgan fingerprint density at radius 1 is 1.22 bits per heavy atom. The molecule has 6 heteroatoms. The molecular formula is C21H28ClN3O2. The van der Waals surface area contributed by atoms with E-state index in [1.54, 1.807) is 0 Å². The number of halogens is 1. The Balaban J connectivity index is 0.00000261. The van der Waals surface area contributed by atoms with Gasteiger partial charge in [0, 0.05) is 6.54 Å². The third-order valence-electron chi connectivity index (χ3n) is 5.12. The molecule has 1 amide bonds. The van der Waals surface area contributed by atoms with Crippen LogP contribution >= 0.6 is 12.4 Å². The molecule has 0 radical (unpaired) electrons. The fourth-order valence-electron chi connectivity index (χ4n) is 3.24. The minimum absolute atomic E-state index is 0. The topological polar surface area (TPSA) is 67.6 Å². The number of nitrogens with one attached hydrogen (secondary N) is 1. The molecule has 3 rings (SSSR count). The van der Waals surface area contributed by atoms with Crippen LogP contribution in [0.25, 0.3) is 0 Å². The normalized spacial score (nSPS) is 20.6. The lowest BCUT2D eigenvalue weighted by Crippen LogP contribution is -2.42. The molecule has 1 saturated heterocycles. The van der Waals surface area contributed by atoms with Gasteiger partial charge in [-0.3, -0.25) is 9.69 Å². The second-order valence-electron chi connectivity index (χ2n) is 7.31. The number of carbonyl (C=O) groups is 1. The number of anilines is 1. The van der Waals surface area contributed by atoms with E-state index in [1.165, 1.54) is 0 Å². The van der Waals surface area contributed by atoms with Crippen molar-refractivity contribution in [1.82, 2.24) is 4.90 Å². The molecule has 0 saturated carbocycles. The van der Waals surface area contributed by atoms with Gasteiger partial charge in [0.2, 0.25) is 5.91 Å². The summed E-state index contributed by atoms with van der Waals surface area (Å²) in [5.41, 5.74) is 6.65. The molecule has 2 atom stereocenters. The lowest BCUT2D eigenvalue weighted by atomic mass is 9.90. The lowest BCUT2D eigenvalue weighted by molar-refractivity contribution is -0.120. The zero-order valence-corrected chi connectivity index (χ0v) is 16.7. The van der Waals surface area contributed by atoms with Crippen LogP contribution in [-0.2, 0) is 4.79 Å². The average Bonchev–Trinajstić information content (AvgIpc) is 3.06. The van der Waals surface area contributed by atoms with E-state index in [1.807, 2.05) is 61.5 Å². The first-order chi connectivity index (χ1) is 12.5. The van der Waals surface area contributed by atoms with Gasteiger partial charge in [0.1, 0.15) is 5.75 Å². The molecule has 5 nitrogen and oxygen atoms in total. The van der Waals surface area contributed by atoms with Gasteiger partial charge in [-0.15, -0.1) is 12.4 Å². The second kappa shape index (κ2) is 9.22. The van der Waals surface area contributed by atoms with Gasteiger partial charge in [-0.2, -0.15) is 0 Å². The monoisotopic (exact) mass is 389 g/mol. The number of para-hydroxylation sites is 3. The number of nitrogens with two attached hydrogens (primary N) is 1. The minimum atomic E-state index is -0.215. The number of amides is 1. The van der Waals surface area contributed by atoms with E-state index in [9.17, 15) is 4.79 Å². The van der Waals surface area contributed by atoms with E-state index >= 15 is 0 Å². The molecule has 1 aliphatic heterocycles. The molecule has 27 heavy (non-hydrogen) atoms. The zero-order valence-electron chi connectivity index (χ0n) is 15.9. The van der Waals surface area contributed by atoms with E-state index in [0.717, 1.165) is 25.3 Å². The number of hydrogen-bond acceptors (Lipinski definition) is 4. The average molecular weight is 390 g/mol. The second-order valence-corrected chi connectivity index (χ2v) is 7.31. The summed E-state index contributed by atoms with van der Waals surface area (Å²) < 4.78 is 5.92. The van der Waals surface area contributed by atoms with E-state index in [0.29, 0.717) is 18.0 Å². The SMILES string of the molecule is CC(C(=O)Nc1ccccc1Oc1ccccc1)N1CCC(C)(CN)C1.Cl. The van der Waals surface area contributed by atoms with Gasteiger partial charge < -0.3 is 15.8 Å². The summed E-state index contributed by atoms with van der Waals surface area (Å²) in [6.07, 6.45) is 1.02. The molecule has 2 aromatic carbocycles. The summed E-state index contributed by atoms with van der Waals surface area (Å²) in [6.45, 7) is 6.51. The highest BCUT2D eigenvalue weighted by molar-refractivity contribution is 5.95. The Morgan fingerprint density at radius 2 is 1.89 bits per heavy atom. The molecule has 2 unspecified atom stereocenters. The first kappa shape index (κ1) is 21.2. The van der Waals surface area contributed by atoms with Gasteiger partial charge in [0.15, 0.2) is 5.75 Å². The highest BCUT2D eigenvalue weighted by Gasteiger charge is 2.36. The highest BCUT2D eigenvalue weighted by Crippen LogP contribution is 2.31. The van der Waals surface area contributed by atoms with Crippen molar-refractivity contribution in [2.24, 2.45) is 11.1 Å². The van der Waals surface area contributed by atoms with Crippen LogP contribution in [0.2, 0.25) is 0 Å². The van der Waals surface area contributed by atoms with Crippen molar-refractivity contribution < 1.29 is 9.53 Å². The molecule has 0 spiro atoms. The third-order valence-corrected chi connectivity index (χ3v) is 5.12. The van der Waals surface area contributed by atoms with Crippen molar-refractivity contribution >= 4 is 24.0 Å². The Labute approximate surface area is 167 Å². The minimum Gasteiger partial charge on any atom is -0.455 e. The van der Waals surface area contributed by atoms with Gasteiger partial charge in [-0.25, -0.2) is 0 Å². The number of hydrogen-bond donors (Lipinski definition) is 2. The number of carbonyl (C=O) groups excluding carboxylic acids is 1. The van der Waals surface area contributed by atoms with Gasteiger partial charge in [-0.1, -0.05) is 37.3 Å². The highest BCUT2D eigenvalue weighted by atomic mass is 35.5. The molecule has 1 heterocycles. The van der Waals surface area contributed by atoms with Gasteiger partial charge >= 0.3 is 0 Å². The van der Waals surface area contributed by atoms with Crippen molar-refractivity contribution in [1.29, 1.82) is 0 Å². The van der Waals surface area contributed by atoms with Gasteiger partial charge in [0.25, 0.3) is 0 Å². The van der Waals surface area contributed by atoms with Crippen molar-refractivity contribution in [2.75, 3.05) is 25.0 Å². The molecule has 146 valence electrons. The van der Waals surface area contributed by atoms with E-state index in [4.69, 9.17) is 10.5 Å². The summed E-state index contributed by atoms with van der Waals surface area (Å²) in [4.78, 5) is 15.0. The smallest absolute Gasteiger partial charge is 0.241 e. The maximum absolute atomic E-state index is 12.8. The Kier molecular flexibility index (Phi) is 7.25. The number of rotatable bonds is 6. The summed E-state index contributed by atoms with van der Waals surface area (Å²) in [5.74, 6) is 1.34. The van der Waals surface area contributed by atoms with Crippen LogP contribution in [0.4, 0.5) is 5.69 Å². The molecular weight excluding hydrogens is 362 g/mol. The van der Waals surface area contributed by atoms with Crippen LogP contribution in [0.3, 0.4) is 0 Å². The van der Waals surface area contributed by atoms with Crippen molar-refractivity contribution in [3.63, 3.8) is 0 Å². The van der Waals surface area contributed by atoms with E-state index < -0.39 is 0 Å². The Bertz CT molecular complexity index is 756. The van der Waals surface area contributed by atoms with Crippen molar-refractivity contribution in [3.05, 3.63) is 54.6 Å². The Hall–Kier alpha value is -2.08. The van der Waals surface area contributed by atoms with E-state index in [-0.39, 0.29) is 29.8 Å². The summed E-state index contributed by atoms with van der Waals surface area (Å²) in [5, 5.41) is 3.02. The standard InChI is InChI=1S/C21H27N3O2.ClH/c1-16(24-13-12-21(2,14-22)15-24)20(25)23-18-10-6-7-11-19(18)26-17-8-4-3-5-9-17;/h3-11,16H,12-15,22H2,1-2H3,(H,23,25);1H. The molecule has 2 aromatic rings. The van der Waals surface area contributed by atoms with Crippen LogP contribution in [0, 0.1) is 5.41 Å². The molecule has 0 aliphatic carbocycles.